The van der Waals surface area contributed by atoms with Crippen molar-refractivity contribution < 1.29 is 9.15 Å². The van der Waals surface area contributed by atoms with Gasteiger partial charge in [-0.15, -0.1) is 0 Å². The minimum Gasteiger partial charge on any atom is -0.238 e. The molecule has 0 unspecified atom stereocenters. The Bertz CT molecular complexity index is 2260. The van der Waals surface area contributed by atoms with E-state index in [0.29, 0.717) is 0 Å². The van der Waals surface area contributed by atoms with Crippen LogP contribution >= 0.6 is 63.7 Å². The summed E-state index contributed by atoms with van der Waals surface area (Å²) in [5, 5.41) is 2.68. The minimum absolute atomic E-state index is 0.971. The first-order valence-corrected chi connectivity index (χ1v) is 21.1. The fourth-order valence-electron chi connectivity index (χ4n) is 10.7. The molecule has 0 amide bonds. The molecule has 240 valence electrons. The summed E-state index contributed by atoms with van der Waals surface area (Å²) in [7, 11) is 0. The number of hydrogen-bond donors (Lipinski definition) is 1. The lowest BCUT2D eigenvalue weighted by Gasteiger charge is -2.23. The van der Waals surface area contributed by atoms with Gasteiger partial charge in [0.05, 0.1) is 26.6 Å². The Balaban J connectivity index is 1.37. The van der Waals surface area contributed by atoms with Crippen molar-refractivity contribution in [1.29, 1.82) is 0 Å². The lowest BCUT2D eigenvalue weighted by molar-refractivity contribution is -0.538. The van der Waals surface area contributed by atoms with Crippen LogP contribution in [0.3, 0.4) is 0 Å². The van der Waals surface area contributed by atoms with E-state index in [1.807, 2.05) is 0 Å². The largest absolute Gasteiger partial charge is 0.238 e. The molecule has 7 heterocycles. The number of fused-ring (bicyclic) bond motifs is 11. The molecule has 0 spiro atoms. The van der Waals surface area contributed by atoms with Crippen LogP contribution < -0.4 is 16.2 Å². The van der Waals surface area contributed by atoms with Crippen LogP contribution in [0, 0.1) is 0 Å². The molecule has 0 fully saturated rings. The fourth-order valence-corrected chi connectivity index (χ4v) is 14.2. The summed E-state index contributed by atoms with van der Waals surface area (Å²) in [5.74, 6) is 0. The van der Waals surface area contributed by atoms with Crippen molar-refractivity contribution in [1.82, 2.24) is 9.35 Å². The number of aromatic nitrogens is 2. The number of nitrogens with zero attached hydrogens (tertiary/aromatic N) is 4. The first kappa shape index (κ1) is 29.1. The molecule has 0 atom stereocenters. The van der Waals surface area contributed by atoms with E-state index in [1.54, 1.807) is 22.3 Å². The molecule has 4 aliphatic carbocycles. The highest BCUT2D eigenvalue weighted by Gasteiger charge is 2.51. The Labute approximate surface area is 308 Å². The summed E-state index contributed by atoms with van der Waals surface area (Å²) >= 11 is 17.5. The molecule has 47 heavy (non-hydrogen) atoms. The smallest absolute Gasteiger partial charge is 0.230 e. The van der Waals surface area contributed by atoms with Crippen molar-refractivity contribution >= 4 is 88.6 Å². The highest BCUT2D eigenvalue weighted by atomic mass is 79.9. The van der Waals surface area contributed by atoms with Crippen molar-refractivity contribution in [3.8, 4) is 0 Å². The highest BCUT2D eigenvalue weighted by Crippen LogP contribution is 2.50. The van der Waals surface area contributed by atoms with Crippen LogP contribution in [-0.4, -0.2) is 43.0 Å². The Kier molecular flexibility index (Phi) is 6.45. The summed E-state index contributed by atoms with van der Waals surface area (Å²) < 4.78 is 15.5. The van der Waals surface area contributed by atoms with Gasteiger partial charge in [-0.3, -0.25) is 0 Å². The third kappa shape index (κ3) is 3.66. The second kappa shape index (κ2) is 10.4. The van der Waals surface area contributed by atoms with E-state index in [0.717, 1.165) is 64.5 Å². The highest BCUT2D eigenvalue weighted by molar-refractivity contribution is 9.15. The molecule has 11 rings (SSSR count). The molecular formula is C38H37Br4N5+2. The van der Waals surface area contributed by atoms with Crippen molar-refractivity contribution in [2.24, 2.45) is 0 Å². The average Bonchev–Trinajstić information content (AvgIpc) is 3.78. The molecule has 1 N–H and O–H groups in total. The number of nitrogens with one attached hydrogen (secondary N) is 1. The van der Waals surface area contributed by atoms with Gasteiger partial charge in [0.1, 0.15) is 8.96 Å². The van der Waals surface area contributed by atoms with Gasteiger partial charge in [0.25, 0.3) is 0 Å². The Morgan fingerprint density at radius 3 is 1.43 bits per heavy atom. The van der Waals surface area contributed by atoms with E-state index in [1.165, 1.54) is 136 Å². The molecule has 0 saturated heterocycles. The molecular weight excluding hydrogens is 846 g/mol. The number of allylic oxidation sites excluding steroid dienone is 5. The molecule has 0 aromatic carbocycles. The van der Waals surface area contributed by atoms with E-state index in [-0.39, 0.29) is 0 Å². The monoisotopic (exact) mass is 879 g/mol. The molecule has 9 heteroatoms. The lowest BCUT2D eigenvalue weighted by Crippen LogP contribution is -2.45. The van der Waals surface area contributed by atoms with Gasteiger partial charge < -0.3 is 0 Å². The molecule has 2 aromatic rings. The average molecular weight is 883 g/mol. The summed E-state index contributed by atoms with van der Waals surface area (Å²) in [5.41, 5.74) is 24.9. The van der Waals surface area contributed by atoms with Crippen molar-refractivity contribution in [3.05, 3.63) is 82.5 Å². The normalized spacial score (nSPS) is 24.3. The van der Waals surface area contributed by atoms with Crippen LogP contribution in [0.15, 0.2) is 38.2 Å². The zero-order valence-electron chi connectivity index (χ0n) is 26.5. The van der Waals surface area contributed by atoms with Crippen LogP contribution in [0.25, 0.3) is 13.4 Å². The quantitative estimate of drug-likeness (QED) is 0.269. The van der Waals surface area contributed by atoms with Crippen LogP contribution in [0.2, 0.25) is 0 Å². The molecule has 2 aromatic heterocycles. The summed E-state index contributed by atoms with van der Waals surface area (Å²) in [6, 6.07) is 0. The van der Waals surface area contributed by atoms with Gasteiger partial charge >= 0.3 is 0 Å². The van der Waals surface area contributed by atoms with Gasteiger partial charge in [-0.25, -0.2) is 14.9 Å². The van der Waals surface area contributed by atoms with E-state index in [9.17, 15) is 0 Å². The van der Waals surface area contributed by atoms with Gasteiger partial charge in [0, 0.05) is 22.3 Å². The van der Waals surface area contributed by atoms with Crippen LogP contribution in [0.4, 0.5) is 0 Å². The first-order chi connectivity index (χ1) is 23.0. The zero-order chi connectivity index (χ0) is 31.3. The Morgan fingerprint density at radius 1 is 0.426 bits per heavy atom. The van der Waals surface area contributed by atoms with Crippen molar-refractivity contribution in [2.45, 2.75) is 103 Å². The maximum absolute atomic E-state index is 4.42. The second-order valence-corrected chi connectivity index (χ2v) is 17.9. The summed E-state index contributed by atoms with van der Waals surface area (Å²) in [6.07, 6.45) is 19.3. The van der Waals surface area contributed by atoms with E-state index >= 15 is 0 Å². The molecule has 5 aliphatic heterocycles. The predicted octanol–water partition coefficient (Wildman–Crippen LogP) is 7.79. The van der Waals surface area contributed by atoms with Crippen molar-refractivity contribution in [2.75, 3.05) is 18.6 Å². The van der Waals surface area contributed by atoms with E-state index < -0.39 is 0 Å². The van der Waals surface area contributed by atoms with Gasteiger partial charge in [-0.1, -0.05) is 0 Å². The molecule has 0 radical (unpaired) electrons. The molecule has 9 aliphatic rings. The first-order valence-electron chi connectivity index (χ1n) is 18.0. The number of hydrogen-bond acceptors (Lipinski definition) is 1. The molecule has 4 bridgehead atoms. The third-order valence-corrected chi connectivity index (χ3v) is 15.5. The Hall–Kier alpha value is -1.68. The molecule has 5 nitrogen and oxygen atoms in total. The maximum atomic E-state index is 4.42. The summed E-state index contributed by atoms with van der Waals surface area (Å²) in [4.78, 5) is 0. The molecule has 0 saturated carbocycles. The number of halogens is 4. The fraction of sp³-hybridized carbons (Fsp3) is 0.474. The van der Waals surface area contributed by atoms with Gasteiger partial charge in [-0.05, 0) is 189 Å². The van der Waals surface area contributed by atoms with Crippen LogP contribution in [0.1, 0.15) is 111 Å². The SMILES string of the molecule is BrC1=C2C3=C(CCCC3)C3=[N+]2CC[N+]2=C1C1=C(CCCC1)C2=C(Br)c1c2c(c4n1Nn1c(c5c(c1=C4Br)CCCC5)=C3Br)CCCC2. The maximum Gasteiger partial charge on any atom is 0.230 e. The second-order valence-electron chi connectivity index (χ2n) is 14.8. The zero-order valence-corrected chi connectivity index (χ0v) is 32.9. The van der Waals surface area contributed by atoms with E-state index in [4.69, 9.17) is 0 Å². The van der Waals surface area contributed by atoms with Crippen LogP contribution in [0.5, 0.6) is 0 Å². The van der Waals surface area contributed by atoms with Crippen molar-refractivity contribution in [3.63, 3.8) is 0 Å². The Morgan fingerprint density at radius 2 is 0.851 bits per heavy atom. The topological polar surface area (TPSA) is 27.9 Å². The van der Waals surface area contributed by atoms with Gasteiger partial charge in [0.2, 0.25) is 35.9 Å². The number of rotatable bonds is 0. The summed E-state index contributed by atoms with van der Waals surface area (Å²) in [6.45, 7) is 1.94. The lowest BCUT2D eigenvalue weighted by atomic mass is 9.87. The standard InChI is InChI=1S/C38H36Br4N5/c39-27-31-19-9-1-3-11-21(19)33-28(40)35-23-13-5-7-15-25(23)37-30(42)38-26-16-8-6-14-24(26)36(47(38)43-46(35)37)29(41)34-22-12-4-2-10-20(22)32(27)45(34)18-17-44(31)33/h1-18H2/q+1/p+1. The third-order valence-electron chi connectivity index (χ3n) is 12.5. The van der Waals surface area contributed by atoms with E-state index in [2.05, 4.69) is 87.8 Å². The van der Waals surface area contributed by atoms with Crippen LogP contribution in [-0.2, 0) is 25.7 Å². The predicted molar refractivity (Wildman–Crippen MR) is 203 cm³/mol. The van der Waals surface area contributed by atoms with Gasteiger partial charge in [0.15, 0.2) is 4.48 Å². The minimum atomic E-state index is 0.971. The van der Waals surface area contributed by atoms with Gasteiger partial charge in [-0.2, -0.15) is 9.15 Å².